The molecule has 0 heterocycles. The van der Waals surface area contributed by atoms with Gasteiger partial charge in [0.05, 0.1) is 0 Å². The van der Waals surface area contributed by atoms with E-state index in [4.69, 9.17) is 30.8 Å². The largest absolute Gasteiger partial charge is 0.466 e. The molecule has 0 saturated heterocycles. The number of phosphoric acid groups is 1. The van der Waals surface area contributed by atoms with Crippen LogP contribution >= 0.6 is 19.4 Å². The molecule has 0 aromatic rings. The molecule has 0 amide bonds. The molecule has 0 radical (unpaired) electrons. The number of halogens is 1. The molecule has 0 fully saturated rings. The number of alkyl halides is 1. The van der Waals surface area contributed by atoms with E-state index >= 15 is 0 Å². The van der Waals surface area contributed by atoms with Crippen LogP contribution in [0.3, 0.4) is 0 Å². The van der Waals surface area contributed by atoms with E-state index in [0.717, 1.165) is 6.42 Å². The Kier molecular flexibility index (Phi) is 9.27. The third-order valence-corrected chi connectivity index (χ3v) is 0.531. The fourth-order valence-corrected chi connectivity index (χ4v) is 0.231. The number of hydrogen-bond donors (Lipinski definition) is 3. The van der Waals surface area contributed by atoms with E-state index in [9.17, 15) is 0 Å². The van der Waals surface area contributed by atoms with Gasteiger partial charge in [-0.05, 0) is 6.42 Å². The van der Waals surface area contributed by atoms with Gasteiger partial charge in [0.1, 0.15) is 0 Å². The quantitative estimate of drug-likeness (QED) is 0.341. The molecule has 6 heteroatoms. The fourth-order valence-electron chi connectivity index (χ4n) is 0.0772. The SMILES string of the molecule is C=CCCCl.O=P(O)(O)O. The Morgan fingerprint density at radius 2 is 1.80 bits per heavy atom. The third-order valence-electron chi connectivity index (χ3n) is 0.313. The van der Waals surface area contributed by atoms with Crippen molar-refractivity contribution in [2.75, 3.05) is 5.88 Å². The Bertz CT molecular complexity index is 112. The van der Waals surface area contributed by atoms with Crippen LogP contribution in [-0.2, 0) is 4.57 Å². The molecule has 0 rings (SSSR count). The molecule has 0 saturated carbocycles. The molecule has 0 aliphatic rings. The molecule has 4 nitrogen and oxygen atoms in total. The predicted octanol–water partition coefficient (Wildman–Crippen LogP) is 0.873. The summed E-state index contributed by atoms with van der Waals surface area (Å²) >= 11 is 5.23. The van der Waals surface area contributed by atoms with E-state index in [0.29, 0.717) is 5.88 Å². The van der Waals surface area contributed by atoms with Crippen LogP contribution in [0.1, 0.15) is 6.42 Å². The van der Waals surface area contributed by atoms with E-state index < -0.39 is 7.82 Å². The molecular weight excluding hydrogens is 178 g/mol. The second kappa shape index (κ2) is 7.25. The summed E-state index contributed by atoms with van der Waals surface area (Å²) < 4.78 is 8.88. The third kappa shape index (κ3) is 90.6. The van der Waals surface area contributed by atoms with E-state index in [2.05, 4.69) is 6.58 Å². The van der Waals surface area contributed by atoms with Crippen molar-refractivity contribution in [1.29, 1.82) is 0 Å². The zero-order chi connectivity index (χ0) is 8.62. The van der Waals surface area contributed by atoms with E-state index in [1.165, 1.54) is 0 Å². The molecule has 0 bridgehead atoms. The van der Waals surface area contributed by atoms with Crippen molar-refractivity contribution in [2.45, 2.75) is 6.42 Å². The maximum Gasteiger partial charge on any atom is 0.466 e. The van der Waals surface area contributed by atoms with Crippen LogP contribution < -0.4 is 0 Å². The van der Waals surface area contributed by atoms with Gasteiger partial charge in [-0.15, -0.1) is 18.2 Å². The maximum absolute atomic E-state index is 8.88. The number of allylic oxidation sites excluding steroid dienone is 1. The molecule has 0 aliphatic heterocycles. The molecule has 0 aromatic heterocycles. The topological polar surface area (TPSA) is 77.8 Å². The summed E-state index contributed by atoms with van der Waals surface area (Å²) in [6, 6.07) is 0. The van der Waals surface area contributed by atoms with Crippen LogP contribution in [0.25, 0.3) is 0 Å². The van der Waals surface area contributed by atoms with E-state index in [-0.39, 0.29) is 0 Å². The first-order chi connectivity index (χ1) is 4.41. The van der Waals surface area contributed by atoms with Gasteiger partial charge in [0, 0.05) is 5.88 Å². The highest BCUT2D eigenvalue weighted by Gasteiger charge is 2.00. The summed E-state index contributed by atoms with van der Waals surface area (Å²) in [6.45, 7) is 3.47. The number of hydrogen-bond acceptors (Lipinski definition) is 1. The fraction of sp³-hybridized carbons (Fsp3) is 0.500. The van der Waals surface area contributed by atoms with Gasteiger partial charge in [0.2, 0.25) is 0 Å². The lowest BCUT2D eigenvalue weighted by Crippen LogP contribution is -1.66. The second-order valence-electron chi connectivity index (χ2n) is 1.28. The van der Waals surface area contributed by atoms with Crippen LogP contribution in [0.4, 0.5) is 0 Å². The lowest BCUT2D eigenvalue weighted by molar-refractivity contribution is 0.275. The zero-order valence-corrected chi connectivity index (χ0v) is 6.92. The first kappa shape index (κ1) is 12.8. The molecular formula is C4H10ClO4P. The average molecular weight is 189 g/mol. The van der Waals surface area contributed by atoms with Crippen molar-refractivity contribution in [2.24, 2.45) is 0 Å². The highest BCUT2D eigenvalue weighted by Crippen LogP contribution is 2.25. The highest BCUT2D eigenvalue weighted by molar-refractivity contribution is 7.45. The lowest BCUT2D eigenvalue weighted by atomic mass is 10.5. The summed E-state index contributed by atoms with van der Waals surface area (Å²) in [5.74, 6) is 0.698. The van der Waals surface area contributed by atoms with Gasteiger partial charge in [0.15, 0.2) is 0 Å². The first-order valence-corrected chi connectivity index (χ1v) is 4.47. The van der Waals surface area contributed by atoms with Crippen molar-refractivity contribution in [3.8, 4) is 0 Å². The van der Waals surface area contributed by atoms with Crippen molar-refractivity contribution in [3.63, 3.8) is 0 Å². The van der Waals surface area contributed by atoms with Crippen LogP contribution in [0.2, 0.25) is 0 Å². The molecule has 0 aromatic carbocycles. The van der Waals surface area contributed by atoms with Gasteiger partial charge >= 0.3 is 7.82 Å². The predicted molar refractivity (Wildman–Crippen MR) is 39.8 cm³/mol. The van der Waals surface area contributed by atoms with Crippen LogP contribution in [0.5, 0.6) is 0 Å². The summed E-state index contributed by atoms with van der Waals surface area (Å²) in [6.07, 6.45) is 2.72. The average Bonchev–Trinajstić information content (AvgIpc) is 1.63. The molecule has 0 atom stereocenters. The lowest BCUT2D eigenvalue weighted by Gasteiger charge is -1.82. The Morgan fingerprint density at radius 1 is 1.50 bits per heavy atom. The van der Waals surface area contributed by atoms with E-state index in [1.54, 1.807) is 6.08 Å². The Hall–Kier alpha value is 0.140. The zero-order valence-electron chi connectivity index (χ0n) is 5.27. The molecule has 0 spiro atoms. The minimum atomic E-state index is -4.64. The standard InChI is InChI=1S/C4H7Cl.H3O4P/c1-2-3-4-5;1-5(2,3)4/h2H,1,3-4H2;(H3,1,2,3,4). The minimum absolute atomic E-state index is 0.698. The molecule has 0 unspecified atom stereocenters. The van der Waals surface area contributed by atoms with Gasteiger partial charge in [0.25, 0.3) is 0 Å². The van der Waals surface area contributed by atoms with Crippen LogP contribution in [0, 0.1) is 0 Å². The number of rotatable bonds is 2. The monoisotopic (exact) mass is 188 g/mol. The van der Waals surface area contributed by atoms with Crippen molar-refractivity contribution >= 4 is 19.4 Å². The maximum atomic E-state index is 8.88. The summed E-state index contributed by atoms with van der Waals surface area (Å²) in [4.78, 5) is 21.6. The van der Waals surface area contributed by atoms with Crippen molar-refractivity contribution in [3.05, 3.63) is 12.7 Å². The van der Waals surface area contributed by atoms with E-state index in [1.807, 2.05) is 0 Å². The van der Waals surface area contributed by atoms with Crippen LogP contribution in [-0.4, -0.2) is 20.6 Å². The molecule has 0 aliphatic carbocycles. The second-order valence-corrected chi connectivity index (χ2v) is 2.68. The van der Waals surface area contributed by atoms with Crippen molar-refractivity contribution < 1.29 is 19.2 Å². The molecule has 10 heavy (non-hydrogen) atoms. The summed E-state index contributed by atoms with van der Waals surface area (Å²) in [7, 11) is -4.64. The normalized spacial score (nSPS) is 9.60. The van der Waals surface area contributed by atoms with Gasteiger partial charge in [-0.25, -0.2) is 4.57 Å². The first-order valence-electron chi connectivity index (χ1n) is 2.37. The van der Waals surface area contributed by atoms with Gasteiger partial charge in [-0.2, -0.15) is 0 Å². The van der Waals surface area contributed by atoms with Gasteiger partial charge in [-0.1, -0.05) is 6.08 Å². The van der Waals surface area contributed by atoms with Crippen LogP contribution in [0.15, 0.2) is 12.7 Å². The Balaban J connectivity index is 0. The summed E-state index contributed by atoms with van der Waals surface area (Å²) in [5, 5.41) is 0. The Morgan fingerprint density at radius 3 is 1.80 bits per heavy atom. The highest BCUT2D eigenvalue weighted by atomic mass is 35.5. The summed E-state index contributed by atoms with van der Waals surface area (Å²) in [5.41, 5.74) is 0. The molecule has 62 valence electrons. The molecule has 3 N–H and O–H groups in total. The Labute approximate surface area is 64.4 Å². The smallest absolute Gasteiger partial charge is 0.303 e. The van der Waals surface area contributed by atoms with Gasteiger partial charge in [-0.3, -0.25) is 0 Å². The minimum Gasteiger partial charge on any atom is -0.303 e. The van der Waals surface area contributed by atoms with Crippen molar-refractivity contribution in [1.82, 2.24) is 0 Å². The van der Waals surface area contributed by atoms with Gasteiger partial charge < -0.3 is 14.7 Å².